The molecule has 1 aliphatic heterocycles. The van der Waals surface area contributed by atoms with Gasteiger partial charge < -0.3 is 20.1 Å². The molecule has 0 saturated carbocycles. The maximum atomic E-state index is 5.75. The van der Waals surface area contributed by atoms with Crippen LogP contribution in [0.1, 0.15) is 24.6 Å². The first-order chi connectivity index (χ1) is 11.2. The van der Waals surface area contributed by atoms with Crippen molar-refractivity contribution in [1.29, 1.82) is 0 Å². The Morgan fingerprint density at radius 1 is 1.42 bits per heavy atom. The smallest absolute Gasteiger partial charge is 0.191 e. The number of hydrogen-bond acceptors (Lipinski definition) is 4. The van der Waals surface area contributed by atoms with Crippen LogP contribution in [-0.2, 0) is 15.9 Å². The van der Waals surface area contributed by atoms with Gasteiger partial charge in [0.1, 0.15) is 0 Å². The first kappa shape index (κ1) is 21.7. The highest BCUT2D eigenvalue weighted by atomic mass is 127. The molecule has 0 amide bonds. The molecule has 1 aromatic heterocycles. The van der Waals surface area contributed by atoms with Crippen LogP contribution in [0.3, 0.4) is 0 Å². The largest absolute Gasteiger partial charge is 0.381 e. The van der Waals surface area contributed by atoms with Gasteiger partial charge in [0, 0.05) is 58.2 Å². The fourth-order valence-electron chi connectivity index (χ4n) is 2.78. The number of ether oxygens (including phenoxy) is 2. The monoisotopic (exact) mass is 467 g/mol. The molecule has 0 aliphatic carbocycles. The third-order valence-corrected chi connectivity index (χ3v) is 5.29. The third-order valence-electron chi connectivity index (χ3n) is 4.39. The highest BCUT2D eigenvalue weighted by Gasteiger charge is 2.32. The summed E-state index contributed by atoms with van der Waals surface area (Å²) in [6, 6.07) is 4.31. The Hall–Kier alpha value is -0.380. The van der Waals surface area contributed by atoms with Gasteiger partial charge in [-0.05, 0) is 23.8 Å². The molecule has 5 nitrogen and oxygen atoms in total. The summed E-state index contributed by atoms with van der Waals surface area (Å²) in [6.07, 6.45) is 2.94. The van der Waals surface area contributed by atoms with E-state index in [1.807, 2.05) is 18.4 Å². The predicted octanol–water partition coefficient (Wildman–Crippen LogP) is 2.91. The molecular formula is C17H30IN3O2S. The van der Waals surface area contributed by atoms with Crippen LogP contribution in [0.5, 0.6) is 0 Å². The van der Waals surface area contributed by atoms with Gasteiger partial charge in [-0.15, -0.1) is 35.3 Å². The lowest BCUT2D eigenvalue weighted by atomic mass is 9.94. The van der Waals surface area contributed by atoms with Crippen molar-refractivity contribution < 1.29 is 9.47 Å². The van der Waals surface area contributed by atoms with Crippen molar-refractivity contribution in [2.75, 3.05) is 40.5 Å². The van der Waals surface area contributed by atoms with Gasteiger partial charge in [-0.25, -0.2) is 0 Å². The number of aliphatic imine (C=N–C) groups is 1. The minimum atomic E-state index is -0.140. The number of nitrogens with zero attached hydrogens (tertiary/aromatic N) is 1. The second kappa shape index (κ2) is 11.3. The molecule has 1 atom stereocenters. The molecule has 1 aromatic rings. The predicted molar refractivity (Wildman–Crippen MR) is 112 cm³/mol. The molecule has 138 valence electrons. The standard InChI is InChI=1S/C17H29N3O2S.HI/c1-14(11-15-5-4-10-23-15)12-19-16(18-2)20-13-17(21-3)6-8-22-9-7-17;/h4-5,10,14H,6-9,11-13H2,1-3H3,(H2,18,19,20);1H. The van der Waals surface area contributed by atoms with Crippen molar-refractivity contribution >= 4 is 41.3 Å². The summed E-state index contributed by atoms with van der Waals surface area (Å²) in [5.74, 6) is 1.40. The van der Waals surface area contributed by atoms with Gasteiger partial charge >= 0.3 is 0 Å². The minimum absolute atomic E-state index is 0. The van der Waals surface area contributed by atoms with Crippen molar-refractivity contribution in [1.82, 2.24) is 10.6 Å². The van der Waals surface area contributed by atoms with Gasteiger partial charge in [0.15, 0.2) is 5.96 Å². The molecule has 0 aromatic carbocycles. The minimum Gasteiger partial charge on any atom is -0.381 e. The average molecular weight is 467 g/mol. The van der Waals surface area contributed by atoms with Crippen LogP contribution in [0.15, 0.2) is 22.5 Å². The Morgan fingerprint density at radius 3 is 2.75 bits per heavy atom. The van der Waals surface area contributed by atoms with E-state index < -0.39 is 0 Å². The Balaban J connectivity index is 0.00000288. The topological polar surface area (TPSA) is 54.9 Å². The summed E-state index contributed by atoms with van der Waals surface area (Å²) in [5.41, 5.74) is -0.140. The molecule has 1 fully saturated rings. The number of nitrogens with one attached hydrogen (secondary N) is 2. The Bertz CT molecular complexity index is 476. The van der Waals surface area contributed by atoms with Crippen LogP contribution < -0.4 is 10.6 Å². The van der Waals surface area contributed by atoms with Crippen LogP contribution in [0, 0.1) is 5.92 Å². The van der Waals surface area contributed by atoms with Crippen LogP contribution in [0.25, 0.3) is 0 Å². The lowest BCUT2D eigenvalue weighted by Gasteiger charge is -2.36. The van der Waals surface area contributed by atoms with Gasteiger partial charge in [-0.3, -0.25) is 4.99 Å². The highest BCUT2D eigenvalue weighted by molar-refractivity contribution is 14.0. The highest BCUT2D eigenvalue weighted by Crippen LogP contribution is 2.23. The number of methoxy groups -OCH3 is 1. The van der Waals surface area contributed by atoms with Gasteiger partial charge in [0.2, 0.25) is 0 Å². The zero-order valence-electron chi connectivity index (χ0n) is 14.8. The lowest BCUT2D eigenvalue weighted by molar-refractivity contribution is -0.0855. The molecule has 2 heterocycles. The zero-order chi connectivity index (χ0) is 16.5. The third kappa shape index (κ3) is 6.85. The van der Waals surface area contributed by atoms with Crippen LogP contribution >= 0.6 is 35.3 Å². The van der Waals surface area contributed by atoms with E-state index in [9.17, 15) is 0 Å². The van der Waals surface area contributed by atoms with Crippen molar-refractivity contribution in [3.05, 3.63) is 22.4 Å². The molecule has 0 bridgehead atoms. The van der Waals surface area contributed by atoms with E-state index in [1.165, 1.54) is 4.88 Å². The summed E-state index contributed by atoms with van der Waals surface area (Å²) < 4.78 is 11.2. The Kier molecular flexibility index (Phi) is 10.2. The van der Waals surface area contributed by atoms with Gasteiger partial charge in [0.25, 0.3) is 0 Å². The average Bonchev–Trinajstić information content (AvgIpc) is 3.08. The molecular weight excluding hydrogens is 437 g/mol. The molecule has 1 aliphatic rings. The van der Waals surface area contributed by atoms with Gasteiger partial charge in [-0.1, -0.05) is 13.0 Å². The summed E-state index contributed by atoms with van der Waals surface area (Å²) in [5, 5.41) is 8.96. The van der Waals surface area contributed by atoms with E-state index in [-0.39, 0.29) is 29.6 Å². The van der Waals surface area contributed by atoms with Crippen molar-refractivity contribution in [2.45, 2.75) is 31.8 Å². The molecule has 0 spiro atoms. The molecule has 7 heteroatoms. The number of rotatable bonds is 7. The van der Waals surface area contributed by atoms with E-state index in [4.69, 9.17) is 9.47 Å². The molecule has 0 radical (unpaired) electrons. The second-order valence-corrected chi connectivity index (χ2v) is 7.23. The summed E-state index contributed by atoms with van der Waals surface area (Å²) in [6.45, 7) is 5.44. The quantitative estimate of drug-likeness (QED) is 0.368. The van der Waals surface area contributed by atoms with Crippen molar-refractivity contribution in [3.8, 4) is 0 Å². The van der Waals surface area contributed by atoms with Crippen molar-refractivity contribution in [3.63, 3.8) is 0 Å². The first-order valence-corrected chi connectivity index (χ1v) is 9.15. The summed E-state index contributed by atoms with van der Waals surface area (Å²) in [4.78, 5) is 5.75. The molecule has 2 rings (SSSR count). The summed E-state index contributed by atoms with van der Waals surface area (Å²) >= 11 is 1.82. The molecule has 24 heavy (non-hydrogen) atoms. The van der Waals surface area contributed by atoms with E-state index in [0.29, 0.717) is 5.92 Å². The fourth-order valence-corrected chi connectivity index (χ4v) is 3.65. The SMILES string of the molecule is CN=C(NCC(C)Cc1cccs1)NCC1(OC)CCOCC1.I. The molecule has 2 N–H and O–H groups in total. The van der Waals surface area contributed by atoms with E-state index in [0.717, 1.165) is 51.5 Å². The van der Waals surface area contributed by atoms with E-state index in [2.05, 4.69) is 40.1 Å². The Morgan fingerprint density at radius 2 is 2.17 bits per heavy atom. The second-order valence-electron chi connectivity index (χ2n) is 6.19. The van der Waals surface area contributed by atoms with Crippen LogP contribution in [0.2, 0.25) is 0 Å². The van der Waals surface area contributed by atoms with Crippen LogP contribution in [-0.4, -0.2) is 52.0 Å². The van der Waals surface area contributed by atoms with Gasteiger partial charge in [-0.2, -0.15) is 0 Å². The maximum Gasteiger partial charge on any atom is 0.191 e. The lowest BCUT2D eigenvalue weighted by Crippen LogP contribution is -2.51. The van der Waals surface area contributed by atoms with Crippen molar-refractivity contribution in [2.24, 2.45) is 10.9 Å². The number of hydrogen-bond donors (Lipinski definition) is 2. The van der Waals surface area contributed by atoms with E-state index >= 15 is 0 Å². The number of thiophene rings is 1. The normalized spacial score (nSPS) is 18.5. The number of halogens is 1. The maximum absolute atomic E-state index is 5.75. The molecule has 1 saturated heterocycles. The summed E-state index contributed by atoms with van der Waals surface area (Å²) in [7, 11) is 3.59. The Labute approximate surface area is 166 Å². The first-order valence-electron chi connectivity index (χ1n) is 8.27. The van der Waals surface area contributed by atoms with Gasteiger partial charge in [0.05, 0.1) is 5.60 Å². The zero-order valence-corrected chi connectivity index (χ0v) is 18.0. The van der Waals surface area contributed by atoms with Crippen LogP contribution in [0.4, 0.5) is 0 Å². The fraction of sp³-hybridized carbons (Fsp3) is 0.706. The van der Waals surface area contributed by atoms with E-state index in [1.54, 1.807) is 7.11 Å². The number of guanidine groups is 1. The molecule has 1 unspecified atom stereocenters.